The van der Waals surface area contributed by atoms with Gasteiger partial charge in [-0.3, -0.25) is 9.78 Å². The molecule has 3 aromatic rings. The van der Waals surface area contributed by atoms with Gasteiger partial charge in [-0.15, -0.1) is 0 Å². The lowest BCUT2D eigenvalue weighted by Gasteiger charge is -2.20. The molecule has 1 heterocycles. The Morgan fingerprint density at radius 1 is 0.806 bits per heavy atom. The second kappa shape index (κ2) is 12.7. The molecule has 1 amide bonds. The molecule has 3 rings (SSSR count). The molecule has 0 saturated heterocycles. The van der Waals surface area contributed by atoms with E-state index in [9.17, 15) is 4.79 Å². The monoisotopic (exact) mass is 416 g/mol. The van der Waals surface area contributed by atoms with E-state index >= 15 is 0 Å². The number of nitrogens with one attached hydrogen (secondary N) is 1. The van der Waals surface area contributed by atoms with Gasteiger partial charge in [-0.1, -0.05) is 66.7 Å². The van der Waals surface area contributed by atoms with Gasteiger partial charge in [0.05, 0.1) is 0 Å². The lowest BCUT2D eigenvalue weighted by molar-refractivity contribution is -0.403. The number of carbonyl (C=O) groups is 1. The average Bonchev–Trinajstić information content (AvgIpc) is 2.81. The van der Waals surface area contributed by atoms with Crippen LogP contribution in [-0.4, -0.2) is 23.0 Å². The van der Waals surface area contributed by atoms with Gasteiger partial charge in [0.25, 0.3) is 5.91 Å². The number of hydrogen-bond donors (Lipinski definition) is 2. The van der Waals surface area contributed by atoms with Crippen molar-refractivity contribution in [2.75, 3.05) is 0 Å². The minimum Gasteiger partial charge on any atom is -0.348 e. The fourth-order valence-electron chi connectivity index (χ4n) is 3.90. The minimum absolute atomic E-state index is 0.0354. The first kappa shape index (κ1) is 22.7. The smallest absolute Gasteiger partial charge is 0.278 e. The highest BCUT2D eigenvalue weighted by Gasteiger charge is 2.21. The number of benzene rings is 2. The van der Waals surface area contributed by atoms with Crippen molar-refractivity contribution < 1.29 is 10.5 Å². The molecule has 0 fully saturated rings. The van der Waals surface area contributed by atoms with Crippen molar-refractivity contribution in [1.82, 2.24) is 10.3 Å². The van der Waals surface area contributed by atoms with Crippen LogP contribution in [0.15, 0.2) is 85.2 Å². The number of pyridine rings is 1. The molecule has 2 aromatic carbocycles. The number of hydrogen-bond acceptors (Lipinski definition) is 2. The summed E-state index contributed by atoms with van der Waals surface area (Å²) >= 11 is 0. The van der Waals surface area contributed by atoms with Crippen LogP contribution >= 0.6 is 0 Å². The van der Waals surface area contributed by atoms with Crippen LogP contribution in [0.2, 0.25) is 0 Å². The Morgan fingerprint density at radius 3 is 1.87 bits per heavy atom. The molecule has 0 bridgehead atoms. The number of carbonyl (C=O) groups excluding carboxylic acids is 1. The van der Waals surface area contributed by atoms with Gasteiger partial charge in [0, 0.05) is 24.9 Å². The summed E-state index contributed by atoms with van der Waals surface area (Å²) in [5, 5.41) is 3.29. The first-order valence-corrected chi connectivity index (χ1v) is 11.3. The normalized spacial score (nSPS) is 11.9. The fraction of sp³-hybridized carbons (Fsp3) is 0.333. The molecule has 162 valence electrons. The van der Waals surface area contributed by atoms with Crippen LogP contribution in [-0.2, 0) is 24.1 Å². The van der Waals surface area contributed by atoms with Gasteiger partial charge in [0.15, 0.2) is 6.04 Å². The van der Waals surface area contributed by atoms with E-state index < -0.39 is 0 Å². The van der Waals surface area contributed by atoms with E-state index in [1.165, 1.54) is 11.1 Å². The van der Waals surface area contributed by atoms with Gasteiger partial charge in [0.1, 0.15) is 0 Å². The lowest BCUT2D eigenvalue weighted by Crippen LogP contribution is -2.69. The SMILES string of the molecule is [NH3+]C(Cc1cccnc1)C(=O)NC(CCCc1ccccc1)CCCc1ccccc1. The Balaban J connectivity index is 1.52. The summed E-state index contributed by atoms with van der Waals surface area (Å²) in [6, 6.07) is 24.9. The molecule has 0 radical (unpaired) electrons. The van der Waals surface area contributed by atoms with E-state index in [2.05, 4.69) is 64.6 Å². The topological polar surface area (TPSA) is 69.6 Å². The molecule has 1 aromatic heterocycles. The Hall–Kier alpha value is -2.98. The van der Waals surface area contributed by atoms with Crippen molar-refractivity contribution in [3.8, 4) is 0 Å². The lowest BCUT2D eigenvalue weighted by atomic mass is 9.98. The summed E-state index contributed by atoms with van der Waals surface area (Å²) in [6.45, 7) is 0. The third kappa shape index (κ3) is 8.35. The number of rotatable bonds is 12. The summed E-state index contributed by atoms with van der Waals surface area (Å²) in [5.74, 6) is 0.0354. The van der Waals surface area contributed by atoms with Crippen LogP contribution in [0.25, 0.3) is 0 Å². The molecule has 31 heavy (non-hydrogen) atoms. The molecule has 0 saturated carbocycles. The van der Waals surface area contributed by atoms with Gasteiger partial charge in [-0.2, -0.15) is 0 Å². The van der Waals surface area contributed by atoms with Gasteiger partial charge in [-0.05, 0) is 61.3 Å². The van der Waals surface area contributed by atoms with Crippen molar-refractivity contribution in [1.29, 1.82) is 0 Å². The molecule has 4 nitrogen and oxygen atoms in total. The number of nitrogens with zero attached hydrogens (tertiary/aromatic N) is 1. The zero-order chi connectivity index (χ0) is 21.7. The van der Waals surface area contributed by atoms with Crippen LogP contribution in [0, 0.1) is 0 Å². The van der Waals surface area contributed by atoms with Crippen LogP contribution < -0.4 is 11.1 Å². The van der Waals surface area contributed by atoms with Crippen molar-refractivity contribution >= 4 is 5.91 Å². The standard InChI is InChI=1S/C27H33N3O/c28-26(20-24-16-9-19-29-21-24)27(31)30-25(17-7-14-22-10-3-1-4-11-22)18-8-15-23-12-5-2-6-13-23/h1-6,9-13,16,19,21,25-26H,7-8,14-15,17-18,20,28H2,(H,30,31)/p+1. The predicted molar refractivity (Wildman–Crippen MR) is 125 cm³/mol. The van der Waals surface area contributed by atoms with E-state index in [-0.39, 0.29) is 18.0 Å². The van der Waals surface area contributed by atoms with Crippen molar-refractivity contribution in [3.63, 3.8) is 0 Å². The third-order valence-corrected chi connectivity index (χ3v) is 5.64. The van der Waals surface area contributed by atoms with E-state index in [0.29, 0.717) is 6.42 Å². The van der Waals surface area contributed by atoms with Gasteiger partial charge in [0.2, 0.25) is 0 Å². The summed E-state index contributed by atoms with van der Waals surface area (Å²) in [6.07, 6.45) is 10.3. The van der Waals surface area contributed by atoms with E-state index in [4.69, 9.17) is 0 Å². The second-order valence-corrected chi connectivity index (χ2v) is 8.22. The molecule has 0 aliphatic rings. The van der Waals surface area contributed by atoms with E-state index in [0.717, 1.165) is 44.1 Å². The van der Waals surface area contributed by atoms with Crippen LogP contribution in [0.1, 0.15) is 42.4 Å². The predicted octanol–water partition coefficient (Wildman–Crippen LogP) is 3.77. The largest absolute Gasteiger partial charge is 0.348 e. The molecular formula is C27H34N3O+. The minimum atomic E-state index is -0.310. The van der Waals surface area contributed by atoms with Gasteiger partial charge >= 0.3 is 0 Å². The molecule has 4 heteroatoms. The maximum absolute atomic E-state index is 12.8. The Bertz CT molecular complexity index is 839. The molecule has 0 spiro atoms. The highest BCUT2D eigenvalue weighted by atomic mass is 16.2. The molecule has 1 atom stereocenters. The summed E-state index contributed by atoms with van der Waals surface area (Å²) in [5.41, 5.74) is 7.85. The summed E-state index contributed by atoms with van der Waals surface area (Å²) in [4.78, 5) is 17.0. The number of aryl methyl sites for hydroxylation is 2. The highest BCUT2D eigenvalue weighted by molar-refractivity contribution is 5.80. The Morgan fingerprint density at radius 2 is 1.35 bits per heavy atom. The number of quaternary nitrogens is 1. The van der Waals surface area contributed by atoms with Crippen molar-refractivity contribution in [3.05, 3.63) is 102 Å². The molecule has 0 aliphatic carbocycles. The van der Waals surface area contributed by atoms with Gasteiger partial charge in [-0.25, -0.2) is 0 Å². The van der Waals surface area contributed by atoms with Crippen LogP contribution in [0.5, 0.6) is 0 Å². The zero-order valence-corrected chi connectivity index (χ0v) is 18.2. The van der Waals surface area contributed by atoms with Crippen molar-refractivity contribution in [2.45, 2.75) is 57.0 Å². The van der Waals surface area contributed by atoms with Crippen LogP contribution in [0.3, 0.4) is 0 Å². The Labute approximate surface area is 185 Å². The van der Waals surface area contributed by atoms with E-state index in [1.807, 2.05) is 30.5 Å². The maximum atomic E-state index is 12.8. The molecule has 4 N–H and O–H groups in total. The number of amides is 1. The average molecular weight is 417 g/mol. The molecule has 1 unspecified atom stereocenters. The molecular weight excluding hydrogens is 382 g/mol. The quantitative estimate of drug-likeness (QED) is 0.472. The highest BCUT2D eigenvalue weighted by Crippen LogP contribution is 2.13. The maximum Gasteiger partial charge on any atom is 0.278 e. The van der Waals surface area contributed by atoms with E-state index in [1.54, 1.807) is 6.20 Å². The van der Waals surface area contributed by atoms with Gasteiger partial charge < -0.3 is 11.1 Å². The third-order valence-electron chi connectivity index (χ3n) is 5.64. The van der Waals surface area contributed by atoms with Crippen molar-refractivity contribution in [2.24, 2.45) is 0 Å². The number of aromatic nitrogens is 1. The summed E-state index contributed by atoms with van der Waals surface area (Å²) in [7, 11) is 0. The zero-order valence-electron chi connectivity index (χ0n) is 18.2. The first-order valence-electron chi connectivity index (χ1n) is 11.3. The summed E-state index contributed by atoms with van der Waals surface area (Å²) < 4.78 is 0. The second-order valence-electron chi connectivity index (χ2n) is 8.22. The van der Waals surface area contributed by atoms with Crippen LogP contribution in [0.4, 0.5) is 0 Å². The first-order chi connectivity index (χ1) is 15.2. The molecule has 0 aliphatic heterocycles. The fourth-order valence-corrected chi connectivity index (χ4v) is 3.90. The Kier molecular flexibility index (Phi) is 9.27.